The van der Waals surface area contributed by atoms with Gasteiger partial charge in [-0.15, -0.1) is 0 Å². The highest BCUT2D eigenvalue weighted by Crippen LogP contribution is 2.04. The van der Waals surface area contributed by atoms with Crippen LogP contribution in [0.1, 0.15) is 6.92 Å². The summed E-state index contributed by atoms with van der Waals surface area (Å²) in [5.74, 6) is 0. The van der Waals surface area contributed by atoms with Crippen molar-refractivity contribution in [2.75, 3.05) is 13.6 Å². The lowest BCUT2D eigenvalue weighted by Crippen LogP contribution is -3.00. The SMILES string of the molecule is CC[N+]1(C)C=CN=C1.[Cl-]. The summed E-state index contributed by atoms with van der Waals surface area (Å²) in [5.41, 5.74) is 0. The van der Waals surface area contributed by atoms with Crippen LogP contribution in [-0.4, -0.2) is 24.4 Å². The smallest absolute Gasteiger partial charge is 0.194 e. The summed E-state index contributed by atoms with van der Waals surface area (Å²) in [5, 5.41) is 0. The van der Waals surface area contributed by atoms with Crippen molar-refractivity contribution in [2.24, 2.45) is 4.99 Å². The summed E-state index contributed by atoms with van der Waals surface area (Å²) < 4.78 is 0.847. The van der Waals surface area contributed by atoms with E-state index < -0.39 is 0 Å². The molecular formula is C6H11ClN2. The van der Waals surface area contributed by atoms with Crippen molar-refractivity contribution < 1.29 is 16.9 Å². The summed E-state index contributed by atoms with van der Waals surface area (Å²) >= 11 is 0. The minimum absolute atomic E-state index is 0. The quantitative estimate of drug-likeness (QED) is 0.379. The Morgan fingerprint density at radius 2 is 2.22 bits per heavy atom. The molecule has 1 aliphatic rings. The molecule has 1 rings (SSSR count). The summed E-state index contributed by atoms with van der Waals surface area (Å²) in [4.78, 5) is 3.97. The lowest BCUT2D eigenvalue weighted by atomic mass is 10.5. The Morgan fingerprint density at radius 1 is 1.56 bits per heavy atom. The number of halogens is 1. The molecule has 1 heterocycles. The second-order valence-corrected chi connectivity index (χ2v) is 2.23. The first-order valence-electron chi connectivity index (χ1n) is 2.84. The number of hydrogen-bond acceptors (Lipinski definition) is 1. The van der Waals surface area contributed by atoms with E-state index >= 15 is 0 Å². The van der Waals surface area contributed by atoms with Gasteiger partial charge in [-0.05, 0) is 6.92 Å². The first kappa shape index (κ1) is 8.66. The molecule has 0 bridgehead atoms. The molecule has 0 saturated carbocycles. The van der Waals surface area contributed by atoms with Gasteiger partial charge in [-0.1, -0.05) is 0 Å². The van der Waals surface area contributed by atoms with Gasteiger partial charge in [0.25, 0.3) is 0 Å². The second-order valence-electron chi connectivity index (χ2n) is 2.23. The molecule has 0 aliphatic carbocycles. The predicted molar refractivity (Wildman–Crippen MR) is 34.4 cm³/mol. The van der Waals surface area contributed by atoms with Crippen molar-refractivity contribution in [1.29, 1.82) is 0 Å². The van der Waals surface area contributed by atoms with E-state index in [9.17, 15) is 0 Å². The van der Waals surface area contributed by atoms with Gasteiger partial charge in [0.05, 0.1) is 19.8 Å². The molecule has 0 fully saturated rings. The van der Waals surface area contributed by atoms with E-state index in [1.807, 2.05) is 12.5 Å². The molecule has 52 valence electrons. The zero-order valence-electron chi connectivity index (χ0n) is 5.71. The minimum Gasteiger partial charge on any atom is -1.00 e. The maximum Gasteiger partial charge on any atom is 0.194 e. The fourth-order valence-corrected chi connectivity index (χ4v) is 0.607. The summed E-state index contributed by atoms with van der Waals surface area (Å²) in [6, 6.07) is 0. The Balaban J connectivity index is 0.000000640. The van der Waals surface area contributed by atoms with Crippen molar-refractivity contribution in [3.05, 3.63) is 12.4 Å². The van der Waals surface area contributed by atoms with Crippen LogP contribution < -0.4 is 12.4 Å². The van der Waals surface area contributed by atoms with Crippen molar-refractivity contribution in [3.63, 3.8) is 0 Å². The van der Waals surface area contributed by atoms with Crippen molar-refractivity contribution in [3.8, 4) is 0 Å². The molecule has 0 radical (unpaired) electrons. The van der Waals surface area contributed by atoms with Gasteiger partial charge in [0.2, 0.25) is 0 Å². The molecule has 0 aromatic rings. The van der Waals surface area contributed by atoms with Crippen LogP contribution in [0, 0.1) is 0 Å². The van der Waals surface area contributed by atoms with E-state index in [0.717, 1.165) is 11.0 Å². The Hall–Kier alpha value is -0.340. The molecule has 1 unspecified atom stereocenters. The van der Waals surface area contributed by atoms with Crippen LogP contribution in [0.4, 0.5) is 0 Å². The Morgan fingerprint density at radius 3 is 2.44 bits per heavy atom. The van der Waals surface area contributed by atoms with Crippen LogP contribution in [0.3, 0.4) is 0 Å². The molecule has 0 N–H and O–H groups in total. The average molecular weight is 147 g/mol. The summed E-state index contributed by atoms with van der Waals surface area (Å²) in [6.07, 6.45) is 5.84. The molecule has 3 heteroatoms. The minimum atomic E-state index is 0. The zero-order valence-corrected chi connectivity index (χ0v) is 6.47. The van der Waals surface area contributed by atoms with Crippen molar-refractivity contribution in [1.82, 2.24) is 0 Å². The third-order valence-corrected chi connectivity index (χ3v) is 1.51. The number of nitrogens with zero attached hydrogens (tertiary/aromatic N) is 2. The Bertz CT molecular complexity index is 128. The van der Waals surface area contributed by atoms with Gasteiger partial charge in [0.1, 0.15) is 6.20 Å². The molecule has 1 aliphatic heterocycles. The zero-order chi connectivity index (χ0) is 6.04. The normalized spacial score (nSPS) is 30.4. The molecule has 1 atom stereocenters. The van der Waals surface area contributed by atoms with Crippen LogP contribution in [0.5, 0.6) is 0 Å². The van der Waals surface area contributed by atoms with Gasteiger partial charge in [0, 0.05) is 0 Å². The monoisotopic (exact) mass is 146 g/mol. The first-order chi connectivity index (χ1) is 3.77. The second kappa shape index (κ2) is 2.99. The van der Waals surface area contributed by atoms with Crippen LogP contribution >= 0.6 is 0 Å². The van der Waals surface area contributed by atoms with E-state index in [0.29, 0.717) is 0 Å². The van der Waals surface area contributed by atoms with Gasteiger partial charge in [-0.25, -0.2) is 4.99 Å². The largest absolute Gasteiger partial charge is 1.00 e. The Labute approximate surface area is 61.9 Å². The standard InChI is InChI=1S/C6H11N2.ClH/c1-3-8(2)5-4-7-6-8;/h4-6H,3H2,1-2H3;1H/q+1;/p-1. The third kappa shape index (κ3) is 1.80. The number of rotatable bonds is 1. The van der Waals surface area contributed by atoms with Gasteiger partial charge in [-0.3, -0.25) is 4.48 Å². The van der Waals surface area contributed by atoms with E-state index in [4.69, 9.17) is 0 Å². The van der Waals surface area contributed by atoms with Gasteiger partial charge in [0.15, 0.2) is 6.34 Å². The highest BCUT2D eigenvalue weighted by Gasteiger charge is 2.14. The van der Waals surface area contributed by atoms with Gasteiger partial charge in [-0.2, -0.15) is 0 Å². The first-order valence-corrected chi connectivity index (χ1v) is 2.84. The van der Waals surface area contributed by atoms with E-state index in [-0.39, 0.29) is 12.4 Å². The fraction of sp³-hybridized carbons (Fsp3) is 0.500. The van der Waals surface area contributed by atoms with Crippen LogP contribution in [0.2, 0.25) is 0 Å². The molecular weight excluding hydrogens is 136 g/mol. The summed E-state index contributed by atoms with van der Waals surface area (Å²) in [7, 11) is 2.12. The van der Waals surface area contributed by atoms with E-state index in [1.165, 1.54) is 0 Å². The fourth-order valence-electron chi connectivity index (χ4n) is 0.607. The maximum atomic E-state index is 3.97. The van der Waals surface area contributed by atoms with Crippen molar-refractivity contribution >= 4 is 6.34 Å². The molecule has 0 amide bonds. The number of aliphatic imine (C=N–C) groups is 1. The van der Waals surface area contributed by atoms with E-state index in [2.05, 4.69) is 25.2 Å². The lowest BCUT2D eigenvalue weighted by molar-refractivity contribution is -0.753. The molecule has 0 saturated heterocycles. The topological polar surface area (TPSA) is 12.4 Å². The van der Waals surface area contributed by atoms with Crippen molar-refractivity contribution in [2.45, 2.75) is 6.92 Å². The highest BCUT2D eigenvalue weighted by atomic mass is 35.5. The summed E-state index contributed by atoms with van der Waals surface area (Å²) in [6.45, 7) is 3.22. The molecule has 0 aromatic carbocycles. The molecule has 2 nitrogen and oxygen atoms in total. The van der Waals surface area contributed by atoms with Crippen LogP contribution in [0.15, 0.2) is 17.4 Å². The maximum absolute atomic E-state index is 3.97. The lowest BCUT2D eigenvalue weighted by Gasteiger charge is -2.18. The average Bonchev–Trinajstić information content (AvgIpc) is 2.17. The highest BCUT2D eigenvalue weighted by molar-refractivity contribution is 5.50. The van der Waals surface area contributed by atoms with Crippen LogP contribution in [0.25, 0.3) is 0 Å². The Kier molecular flexibility index (Phi) is 2.88. The molecule has 0 aromatic heterocycles. The molecule has 9 heavy (non-hydrogen) atoms. The van der Waals surface area contributed by atoms with E-state index in [1.54, 1.807) is 0 Å². The van der Waals surface area contributed by atoms with Gasteiger partial charge >= 0.3 is 0 Å². The van der Waals surface area contributed by atoms with Crippen LogP contribution in [-0.2, 0) is 0 Å². The van der Waals surface area contributed by atoms with Gasteiger partial charge < -0.3 is 12.4 Å². The molecule has 0 spiro atoms. The third-order valence-electron chi connectivity index (χ3n) is 1.51. The number of hydrogen-bond donors (Lipinski definition) is 0. The predicted octanol–water partition coefficient (Wildman–Crippen LogP) is -2.03. The number of quaternary nitrogens is 1.